The number of aryl methyl sites for hydroxylation is 1. The average Bonchev–Trinajstić information content (AvgIpc) is 2.90. The zero-order chi connectivity index (χ0) is 13.0. The van der Waals surface area contributed by atoms with Gasteiger partial charge in [-0.2, -0.15) is 0 Å². The molecule has 0 aromatic carbocycles. The van der Waals surface area contributed by atoms with Crippen molar-refractivity contribution in [2.75, 3.05) is 13.6 Å². The first kappa shape index (κ1) is 13.6. The highest BCUT2D eigenvalue weighted by molar-refractivity contribution is 7.10. The van der Waals surface area contributed by atoms with E-state index in [9.17, 15) is 0 Å². The summed E-state index contributed by atoms with van der Waals surface area (Å²) in [5, 5.41) is 3.26. The Bertz CT molecular complexity index is 492. The van der Waals surface area contributed by atoms with Crippen LogP contribution >= 0.6 is 22.7 Å². The summed E-state index contributed by atoms with van der Waals surface area (Å²) in [5.74, 6) is 0. The van der Waals surface area contributed by atoms with E-state index in [1.807, 2.05) is 5.51 Å². The lowest BCUT2D eigenvalue weighted by molar-refractivity contribution is 0.317. The van der Waals surface area contributed by atoms with Gasteiger partial charge in [0.25, 0.3) is 0 Å². The SMILES string of the molecule is Cc1ncsc1CN(C)Cc1csc(CCN)n1. The standard InChI is InChI=1S/C12H18N4S2/c1-9-11(18-8-14-9)6-16(2)5-10-7-17-12(15-10)3-4-13/h7-8H,3-6,13H2,1-2H3. The Morgan fingerprint density at radius 3 is 2.83 bits per heavy atom. The van der Waals surface area contributed by atoms with Crippen molar-refractivity contribution in [2.45, 2.75) is 26.4 Å². The lowest BCUT2D eigenvalue weighted by Gasteiger charge is -2.14. The fraction of sp³-hybridized carbons (Fsp3) is 0.500. The van der Waals surface area contributed by atoms with Crippen LogP contribution in [0.15, 0.2) is 10.9 Å². The molecule has 18 heavy (non-hydrogen) atoms. The van der Waals surface area contributed by atoms with Gasteiger partial charge in [0, 0.05) is 29.8 Å². The van der Waals surface area contributed by atoms with Gasteiger partial charge in [-0.15, -0.1) is 22.7 Å². The minimum atomic E-state index is 0.669. The molecule has 2 N–H and O–H groups in total. The molecule has 2 aromatic heterocycles. The van der Waals surface area contributed by atoms with Crippen LogP contribution in [-0.4, -0.2) is 28.5 Å². The van der Waals surface area contributed by atoms with Crippen LogP contribution in [-0.2, 0) is 19.5 Å². The molecule has 0 aliphatic rings. The molecular weight excluding hydrogens is 264 g/mol. The van der Waals surface area contributed by atoms with E-state index in [-0.39, 0.29) is 0 Å². The molecule has 0 aliphatic carbocycles. The molecule has 0 atom stereocenters. The molecule has 0 bridgehead atoms. The highest BCUT2D eigenvalue weighted by Crippen LogP contribution is 2.16. The number of hydrogen-bond donors (Lipinski definition) is 1. The normalized spacial score (nSPS) is 11.3. The van der Waals surface area contributed by atoms with E-state index in [4.69, 9.17) is 5.73 Å². The summed E-state index contributed by atoms with van der Waals surface area (Å²) in [4.78, 5) is 12.4. The van der Waals surface area contributed by atoms with Gasteiger partial charge < -0.3 is 5.73 Å². The van der Waals surface area contributed by atoms with E-state index < -0.39 is 0 Å². The van der Waals surface area contributed by atoms with Crippen LogP contribution in [0.5, 0.6) is 0 Å². The first-order valence-corrected chi connectivity index (χ1v) is 7.66. The maximum Gasteiger partial charge on any atom is 0.0941 e. The molecular formula is C12H18N4S2. The van der Waals surface area contributed by atoms with E-state index in [1.165, 1.54) is 4.88 Å². The summed E-state index contributed by atoms with van der Waals surface area (Å²) in [5.41, 5.74) is 9.70. The molecule has 0 amide bonds. The fourth-order valence-corrected chi connectivity index (χ4v) is 3.38. The van der Waals surface area contributed by atoms with Crippen LogP contribution in [0.25, 0.3) is 0 Å². The molecule has 0 radical (unpaired) electrons. The predicted octanol–water partition coefficient (Wildman–Crippen LogP) is 2.04. The van der Waals surface area contributed by atoms with Crippen molar-refractivity contribution in [1.29, 1.82) is 0 Å². The number of rotatable bonds is 6. The third-order valence-corrected chi connectivity index (χ3v) is 4.53. The second kappa shape index (κ2) is 6.38. The highest BCUT2D eigenvalue weighted by atomic mass is 32.1. The largest absolute Gasteiger partial charge is 0.330 e. The van der Waals surface area contributed by atoms with Crippen molar-refractivity contribution in [3.8, 4) is 0 Å². The van der Waals surface area contributed by atoms with Crippen molar-refractivity contribution in [3.05, 3.63) is 32.2 Å². The van der Waals surface area contributed by atoms with Crippen LogP contribution in [0.3, 0.4) is 0 Å². The topological polar surface area (TPSA) is 55.0 Å². The smallest absolute Gasteiger partial charge is 0.0941 e. The fourth-order valence-electron chi connectivity index (χ4n) is 1.72. The van der Waals surface area contributed by atoms with E-state index in [2.05, 4.69) is 34.2 Å². The first-order chi connectivity index (χ1) is 8.69. The van der Waals surface area contributed by atoms with Crippen molar-refractivity contribution < 1.29 is 0 Å². The van der Waals surface area contributed by atoms with Gasteiger partial charge in [0.15, 0.2) is 0 Å². The van der Waals surface area contributed by atoms with Gasteiger partial charge in [0.05, 0.1) is 21.9 Å². The molecule has 0 spiro atoms. The Hall–Kier alpha value is -0.820. The van der Waals surface area contributed by atoms with Crippen LogP contribution in [0.4, 0.5) is 0 Å². The van der Waals surface area contributed by atoms with Crippen LogP contribution < -0.4 is 5.73 Å². The summed E-state index contributed by atoms with van der Waals surface area (Å²) in [6.07, 6.45) is 0.877. The first-order valence-electron chi connectivity index (χ1n) is 5.90. The molecule has 0 saturated heterocycles. The van der Waals surface area contributed by atoms with Gasteiger partial charge in [-0.1, -0.05) is 0 Å². The molecule has 2 heterocycles. The van der Waals surface area contributed by atoms with E-state index in [1.54, 1.807) is 22.7 Å². The van der Waals surface area contributed by atoms with E-state index >= 15 is 0 Å². The Kier molecular flexibility index (Phi) is 4.82. The molecule has 0 unspecified atom stereocenters. The summed E-state index contributed by atoms with van der Waals surface area (Å²) >= 11 is 3.41. The van der Waals surface area contributed by atoms with Crippen molar-refractivity contribution >= 4 is 22.7 Å². The van der Waals surface area contributed by atoms with Gasteiger partial charge in [-0.05, 0) is 20.5 Å². The van der Waals surface area contributed by atoms with Crippen molar-refractivity contribution in [2.24, 2.45) is 5.73 Å². The minimum Gasteiger partial charge on any atom is -0.330 e. The van der Waals surface area contributed by atoms with E-state index in [0.717, 1.165) is 35.9 Å². The summed E-state index contributed by atoms with van der Waals surface area (Å²) in [6.45, 7) is 4.53. The molecule has 0 fully saturated rings. The van der Waals surface area contributed by atoms with Crippen molar-refractivity contribution in [1.82, 2.24) is 14.9 Å². The zero-order valence-electron chi connectivity index (χ0n) is 10.7. The van der Waals surface area contributed by atoms with Crippen LogP contribution in [0.2, 0.25) is 0 Å². The van der Waals surface area contributed by atoms with Gasteiger partial charge >= 0.3 is 0 Å². The van der Waals surface area contributed by atoms with Gasteiger partial charge in [0.1, 0.15) is 0 Å². The number of thiazole rings is 2. The lowest BCUT2D eigenvalue weighted by Crippen LogP contribution is -2.17. The summed E-state index contributed by atoms with van der Waals surface area (Å²) in [7, 11) is 2.11. The van der Waals surface area contributed by atoms with Gasteiger partial charge in [-0.25, -0.2) is 9.97 Å². The van der Waals surface area contributed by atoms with Crippen molar-refractivity contribution in [3.63, 3.8) is 0 Å². The Labute approximate surface area is 115 Å². The molecule has 2 aromatic rings. The lowest BCUT2D eigenvalue weighted by atomic mass is 10.3. The molecule has 6 heteroatoms. The second-order valence-corrected chi connectivity index (χ2v) is 6.19. The van der Waals surface area contributed by atoms with E-state index in [0.29, 0.717) is 6.54 Å². The summed E-state index contributed by atoms with van der Waals surface area (Å²) < 4.78 is 0. The average molecular weight is 282 g/mol. The maximum atomic E-state index is 5.53. The number of aromatic nitrogens is 2. The van der Waals surface area contributed by atoms with Gasteiger partial charge in [-0.3, -0.25) is 4.90 Å². The predicted molar refractivity (Wildman–Crippen MR) is 76.9 cm³/mol. The molecule has 4 nitrogen and oxygen atoms in total. The third kappa shape index (κ3) is 3.58. The molecule has 98 valence electrons. The third-order valence-electron chi connectivity index (χ3n) is 2.65. The number of nitrogens with two attached hydrogens (primary N) is 1. The molecule has 2 rings (SSSR count). The maximum absolute atomic E-state index is 5.53. The number of nitrogens with zero attached hydrogens (tertiary/aromatic N) is 3. The second-order valence-electron chi connectivity index (χ2n) is 4.30. The monoisotopic (exact) mass is 282 g/mol. The molecule has 0 aliphatic heterocycles. The van der Waals surface area contributed by atoms with Gasteiger partial charge in [0.2, 0.25) is 0 Å². The Morgan fingerprint density at radius 1 is 1.33 bits per heavy atom. The highest BCUT2D eigenvalue weighted by Gasteiger charge is 2.08. The van der Waals surface area contributed by atoms with Crippen LogP contribution in [0.1, 0.15) is 21.3 Å². The minimum absolute atomic E-state index is 0.669. The van der Waals surface area contributed by atoms with Crippen LogP contribution in [0, 0.1) is 6.92 Å². The summed E-state index contributed by atoms with van der Waals surface area (Å²) in [6, 6.07) is 0. The molecule has 0 saturated carbocycles. The quantitative estimate of drug-likeness (QED) is 0.881. The Morgan fingerprint density at radius 2 is 2.17 bits per heavy atom. The Balaban J connectivity index is 1.90. The zero-order valence-corrected chi connectivity index (χ0v) is 12.4. The number of hydrogen-bond acceptors (Lipinski definition) is 6.